The van der Waals surface area contributed by atoms with Crippen LogP contribution in [-0.2, 0) is 49.7 Å². The average molecular weight is 692 g/mol. The van der Waals surface area contributed by atoms with Crippen molar-refractivity contribution < 1.29 is 51.4 Å². The molecule has 0 spiro atoms. The highest BCUT2D eigenvalue weighted by molar-refractivity contribution is 8.07. The molecule has 21 nitrogen and oxygen atoms in total. The Morgan fingerprint density at radius 3 is 2.62 bits per heavy atom. The molecule has 7 heterocycles. The van der Waals surface area contributed by atoms with Gasteiger partial charge in [-0.3, -0.25) is 32.5 Å². The number of nitrogen functional groups attached to an aromatic ring is 2. The number of rotatable bonds is 2. The zero-order chi connectivity index (χ0) is 31.9. The van der Waals surface area contributed by atoms with E-state index in [1.54, 1.807) is 0 Å². The number of aliphatic hydroxyl groups is 1. The van der Waals surface area contributed by atoms with E-state index in [-0.39, 0.29) is 34.1 Å². The van der Waals surface area contributed by atoms with Crippen LogP contribution in [0.5, 0.6) is 0 Å². The number of nitrogens with zero attached hydrogens (tertiary/aromatic N) is 7. The number of aliphatic hydroxyl groups excluding tert-OH is 1. The van der Waals surface area contributed by atoms with Crippen LogP contribution >= 0.6 is 14.5 Å². The summed E-state index contributed by atoms with van der Waals surface area (Å²) >= 11 is 5.18. The Morgan fingerprint density at radius 2 is 1.82 bits per heavy atom. The van der Waals surface area contributed by atoms with Crippen molar-refractivity contribution >= 4 is 60.4 Å². The third kappa shape index (κ3) is 5.23. The van der Waals surface area contributed by atoms with Gasteiger partial charge in [-0.15, -0.1) is 0 Å². The summed E-state index contributed by atoms with van der Waals surface area (Å²) in [5.74, 6) is -3.04. The second kappa shape index (κ2) is 10.8. The highest BCUT2D eigenvalue weighted by Crippen LogP contribution is 2.55. The quantitative estimate of drug-likeness (QED) is 0.131. The van der Waals surface area contributed by atoms with Crippen molar-refractivity contribution in [3.63, 3.8) is 0 Å². The van der Waals surface area contributed by atoms with Gasteiger partial charge in [-0.2, -0.15) is 4.98 Å². The summed E-state index contributed by atoms with van der Waals surface area (Å²) in [6, 6.07) is 0. The molecule has 0 amide bonds. The Morgan fingerprint density at radius 1 is 1.07 bits per heavy atom. The van der Waals surface area contributed by atoms with Gasteiger partial charge < -0.3 is 40.4 Å². The van der Waals surface area contributed by atoms with Crippen LogP contribution in [0, 0.1) is 0 Å². The molecule has 4 aromatic heterocycles. The molecule has 242 valence electrons. The van der Waals surface area contributed by atoms with Crippen LogP contribution in [0.4, 0.5) is 16.2 Å². The lowest BCUT2D eigenvalue weighted by Gasteiger charge is -2.31. The van der Waals surface area contributed by atoms with Crippen LogP contribution in [0.1, 0.15) is 6.23 Å². The number of ether oxygens (including phenoxy) is 2. The number of fused-ring (bicyclic) bond motifs is 5. The number of H-pyrrole nitrogens is 1. The summed E-state index contributed by atoms with van der Waals surface area (Å²) in [5.41, 5.74) is 10.6. The van der Waals surface area contributed by atoms with Crippen molar-refractivity contribution in [2.24, 2.45) is 0 Å². The Hall–Kier alpha value is -3.05. The van der Waals surface area contributed by atoms with Crippen molar-refractivity contribution in [2.75, 3.05) is 31.3 Å². The lowest BCUT2D eigenvalue weighted by molar-refractivity contribution is -0.0699. The predicted octanol–water partition coefficient (Wildman–Crippen LogP) is -1.46. The second-order valence-electron chi connectivity index (χ2n) is 10.2. The molecule has 0 aromatic carbocycles. The minimum absolute atomic E-state index is 0.0476. The van der Waals surface area contributed by atoms with E-state index in [9.17, 15) is 24.3 Å². The van der Waals surface area contributed by atoms with Gasteiger partial charge in [0, 0.05) is 0 Å². The summed E-state index contributed by atoms with van der Waals surface area (Å²) in [6.45, 7) is -6.60. The smallest absolute Gasteiger partial charge is 0.387 e. The molecule has 3 fully saturated rings. The fourth-order valence-electron chi connectivity index (χ4n) is 5.31. The fraction of sp³-hybridized carbons (Fsp3) is 0.500. The van der Waals surface area contributed by atoms with E-state index in [0.717, 1.165) is 23.5 Å². The Bertz CT molecular complexity index is 1960. The van der Waals surface area contributed by atoms with E-state index in [0.29, 0.717) is 0 Å². The third-order valence-electron chi connectivity index (χ3n) is 7.38. The molecule has 45 heavy (non-hydrogen) atoms. The van der Waals surface area contributed by atoms with Crippen LogP contribution < -0.4 is 17.0 Å². The van der Waals surface area contributed by atoms with E-state index in [2.05, 4.69) is 29.9 Å². The number of anilines is 2. The molecular weight excluding hydrogens is 669 g/mol. The van der Waals surface area contributed by atoms with Crippen molar-refractivity contribution in [1.82, 2.24) is 39.0 Å². The monoisotopic (exact) mass is 692 g/mol. The summed E-state index contributed by atoms with van der Waals surface area (Å²) in [7, 11) is -5.17. The number of nitrogens with two attached hydrogens (primary N) is 2. The normalized spacial score (nSPS) is 37.7. The highest BCUT2D eigenvalue weighted by Gasteiger charge is 2.58. The number of phosphoric ester groups is 1. The molecule has 4 aromatic rings. The second-order valence-corrected chi connectivity index (χ2v) is 14.4. The molecule has 7 rings (SSSR count). The first kappa shape index (κ1) is 30.6. The topological polar surface area (TPSA) is 292 Å². The van der Waals surface area contributed by atoms with Gasteiger partial charge in [-0.05, 0) is 11.8 Å². The van der Waals surface area contributed by atoms with E-state index in [1.165, 1.54) is 4.57 Å². The van der Waals surface area contributed by atoms with Gasteiger partial charge in [0.1, 0.15) is 42.9 Å². The summed E-state index contributed by atoms with van der Waals surface area (Å²) in [4.78, 5) is 56.2. The van der Waals surface area contributed by atoms with Crippen LogP contribution in [0.2, 0.25) is 0 Å². The molecule has 3 aliphatic rings. The van der Waals surface area contributed by atoms with Gasteiger partial charge in [0.05, 0.1) is 25.9 Å². The first-order valence-electron chi connectivity index (χ1n) is 12.9. The van der Waals surface area contributed by atoms with Crippen LogP contribution in [0.25, 0.3) is 22.3 Å². The average Bonchev–Trinajstić information content (AvgIpc) is 3.73. The van der Waals surface area contributed by atoms with Gasteiger partial charge in [0.15, 0.2) is 35.0 Å². The first-order chi connectivity index (χ1) is 21.3. The van der Waals surface area contributed by atoms with E-state index in [4.69, 9.17) is 50.8 Å². The molecule has 3 aliphatic heterocycles. The van der Waals surface area contributed by atoms with Crippen molar-refractivity contribution in [3.8, 4) is 0 Å². The molecule has 2 unspecified atom stereocenters. The van der Waals surface area contributed by atoms with Gasteiger partial charge in [0.2, 0.25) is 11.7 Å². The number of imidazole rings is 2. The number of phosphoric acid groups is 1. The standard InChI is InChI=1S/C20H23FN10O11P2S/c21-20(31-6-27-9-14(22)24-4-25-15(9)31)3-37-8-2-39-44(36,45)41-12-11(32)7(1-38-43(34,35)42-13(8)20)40-18(12)30-5-26-10-16(30)28-19(23)29-17(10)33/h4-8,11-13,18,32H,1-3H2,(H,34,35)(H,36,45)(H2,22,24,25)(H3,23,28,29,33)/t7-,8-,11-,12-,13-,18-,20+,44?/m1/s1. The SMILES string of the molecule is Nc1nc2c(ncn2[C@@H]2O[C@@H]3COP(=O)(O)O[C@@H]4[C@@H](COP(O)(=S)O[C@@H]2[C@@H]3O)OC[C@]4(F)n2cnc3c(N)ncnc32)c(=O)[nH]1. The zero-order valence-corrected chi connectivity index (χ0v) is 25.0. The summed E-state index contributed by atoms with van der Waals surface area (Å²) in [6.07, 6.45) is -6.17. The molecule has 8 N–H and O–H groups in total. The molecule has 0 saturated carbocycles. The third-order valence-corrected chi connectivity index (χ3v) is 9.91. The number of hydrogen-bond acceptors (Lipinski definition) is 17. The number of aromatic amines is 1. The largest absolute Gasteiger partial charge is 0.472 e. The maximum Gasteiger partial charge on any atom is 0.472 e. The minimum atomic E-state index is -5.17. The van der Waals surface area contributed by atoms with Crippen LogP contribution in [0.15, 0.2) is 23.8 Å². The summed E-state index contributed by atoms with van der Waals surface area (Å²) < 4.78 is 65.1. The van der Waals surface area contributed by atoms with Gasteiger partial charge in [-0.25, -0.2) is 28.9 Å². The summed E-state index contributed by atoms with van der Waals surface area (Å²) in [5, 5.41) is 11.1. The molecule has 3 saturated heterocycles. The van der Waals surface area contributed by atoms with Crippen molar-refractivity contribution in [2.45, 2.75) is 42.5 Å². The lowest BCUT2D eigenvalue weighted by atomic mass is 10.1. The van der Waals surface area contributed by atoms with E-state index < -0.39 is 82.5 Å². The lowest BCUT2D eigenvalue weighted by Crippen LogP contribution is -2.45. The van der Waals surface area contributed by atoms with E-state index >= 15 is 4.39 Å². The maximum absolute atomic E-state index is 16.8. The maximum atomic E-state index is 16.8. The molecule has 25 heteroatoms. The molecule has 0 aliphatic carbocycles. The predicted molar refractivity (Wildman–Crippen MR) is 149 cm³/mol. The zero-order valence-electron chi connectivity index (χ0n) is 22.4. The highest BCUT2D eigenvalue weighted by atomic mass is 32.5. The van der Waals surface area contributed by atoms with Crippen LogP contribution in [0.3, 0.4) is 0 Å². The number of hydrogen-bond donors (Lipinski definition) is 6. The molecule has 2 bridgehead atoms. The number of halogens is 1. The first-order valence-corrected chi connectivity index (χ1v) is 17.0. The number of alkyl halides is 1. The van der Waals surface area contributed by atoms with Gasteiger partial charge in [-0.1, -0.05) is 0 Å². The van der Waals surface area contributed by atoms with E-state index in [1.807, 2.05) is 0 Å². The fourth-order valence-corrected chi connectivity index (χ4v) is 7.70. The van der Waals surface area contributed by atoms with Crippen molar-refractivity contribution in [3.05, 3.63) is 29.3 Å². The Labute approximate surface area is 254 Å². The van der Waals surface area contributed by atoms with Gasteiger partial charge in [0.25, 0.3) is 5.56 Å². The van der Waals surface area contributed by atoms with Crippen LogP contribution in [-0.4, -0.2) is 104 Å². The minimum Gasteiger partial charge on any atom is -0.387 e. The number of nitrogens with one attached hydrogen (secondary N) is 1. The molecule has 9 atom stereocenters. The molecule has 0 radical (unpaired) electrons. The van der Waals surface area contributed by atoms with Crippen molar-refractivity contribution in [1.29, 1.82) is 0 Å². The Balaban J connectivity index is 1.23. The molecular formula is C20H23FN10O11P2S. The Kier molecular flexibility index (Phi) is 7.31. The van der Waals surface area contributed by atoms with Gasteiger partial charge >= 0.3 is 14.5 Å². The number of aromatic nitrogens is 8.